The van der Waals surface area contributed by atoms with Gasteiger partial charge in [-0.25, -0.2) is 13.2 Å². The minimum atomic E-state index is -3.83. The van der Waals surface area contributed by atoms with Gasteiger partial charge in [-0.3, -0.25) is 9.36 Å². The fourth-order valence-corrected chi connectivity index (χ4v) is 6.63. The molecule has 3 heterocycles. The highest BCUT2D eigenvalue weighted by Crippen LogP contribution is 2.28. The Labute approximate surface area is 208 Å². The van der Waals surface area contributed by atoms with Crippen LogP contribution in [0.25, 0.3) is 11.1 Å². The lowest BCUT2D eigenvalue weighted by Crippen LogP contribution is -2.53. The lowest BCUT2D eigenvalue weighted by atomic mass is 9.97. The van der Waals surface area contributed by atoms with Gasteiger partial charge in [-0.1, -0.05) is 17.7 Å². The molecule has 1 amide bonds. The maximum atomic E-state index is 13.4. The number of sulfonamides is 1. The van der Waals surface area contributed by atoms with E-state index >= 15 is 0 Å². The normalized spacial score (nSPS) is 19.9. The van der Waals surface area contributed by atoms with Crippen molar-refractivity contribution in [1.29, 1.82) is 0 Å². The second kappa shape index (κ2) is 9.33. The Bertz CT molecular complexity index is 1430. The van der Waals surface area contributed by atoms with Gasteiger partial charge in [0.1, 0.15) is 0 Å². The van der Waals surface area contributed by atoms with Crippen molar-refractivity contribution in [3.05, 3.63) is 58.0 Å². The van der Waals surface area contributed by atoms with E-state index in [1.807, 2.05) is 29.2 Å². The molecule has 0 unspecified atom stereocenters. The van der Waals surface area contributed by atoms with E-state index in [0.29, 0.717) is 56.1 Å². The van der Waals surface area contributed by atoms with Crippen molar-refractivity contribution < 1.29 is 17.6 Å². The molecule has 0 bridgehead atoms. The predicted molar refractivity (Wildman–Crippen MR) is 133 cm³/mol. The first-order valence-corrected chi connectivity index (χ1v) is 13.4. The van der Waals surface area contributed by atoms with Crippen LogP contribution in [-0.2, 0) is 21.9 Å². The molecule has 2 aliphatic rings. The van der Waals surface area contributed by atoms with Crippen molar-refractivity contribution in [2.75, 3.05) is 44.2 Å². The van der Waals surface area contributed by atoms with Crippen LogP contribution in [0.3, 0.4) is 0 Å². The minimum Gasteiger partial charge on any atom is -0.408 e. The van der Waals surface area contributed by atoms with Crippen molar-refractivity contribution in [2.24, 2.45) is 13.0 Å². The minimum absolute atomic E-state index is 0.000141. The van der Waals surface area contributed by atoms with Gasteiger partial charge in [0, 0.05) is 63.1 Å². The molecule has 3 aromatic rings. The quantitative estimate of drug-likeness (QED) is 0.526. The Kier molecular flexibility index (Phi) is 6.37. The summed E-state index contributed by atoms with van der Waals surface area (Å²) in [5, 5.41) is 0.679. The van der Waals surface area contributed by atoms with Crippen LogP contribution in [0.2, 0.25) is 5.02 Å². The van der Waals surface area contributed by atoms with Crippen LogP contribution >= 0.6 is 11.6 Å². The van der Waals surface area contributed by atoms with Crippen LogP contribution < -0.4 is 10.7 Å². The second-order valence-corrected chi connectivity index (χ2v) is 11.4. The Morgan fingerprint density at radius 2 is 1.83 bits per heavy atom. The SMILES string of the molecule is Cn1c(=O)oc2cc(S(=O)(=O)N3CCC[C@@H](C(=O)N4CCN(c5cccc(Cl)c5)CC4)C3)ccc21. The maximum Gasteiger partial charge on any atom is 0.419 e. The van der Waals surface area contributed by atoms with Crippen LogP contribution in [0.15, 0.2) is 56.6 Å². The lowest BCUT2D eigenvalue weighted by molar-refractivity contribution is -0.137. The van der Waals surface area contributed by atoms with Crippen LogP contribution in [0.1, 0.15) is 12.8 Å². The molecule has 0 radical (unpaired) electrons. The van der Waals surface area contributed by atoms with E-state index in [4.69, 9.17) is 16.0 Å². The molecule has 0 aliphatic carbocycles. The number of benzene rings is 2. The summed E-state index contributed by atoms with van der Waals surface area (Å²) in [6.45, 7) is 3.06. The molecule has 5 rings (SSSR count). The number of piperidine rings is 1. The van der Waals surface area contributed by atoms with Crippen LogP contribution in [0, 0.1) is 5.92 Å². The average molecular weight is 519 g/mol. The van der Waals surface area contributed by atoms with Crippen LogP contribution in [0.4, 0.5) is 5.69 Å². The fourth-order valence-electron chi connectivity index (χ4n) is 4.90. The van der Waals surface area contributed by atoms with E-state index in [1.165, 1.54) is 21.0 Å². The number of carbonyl (C=O) groups excluding carboxylic acids is 1. The molecule has 2 saturated heterocycles. The summed E-state index contributed by atoms with van der Waals surface area (Å²) >= 11 is 6.11. The third-order valence-electron chi connectivity index (χ3n) is 6.90. The van der Waals surface area contributed by atoms with Gasteiger partial charge < -0.3 is 14.2 Å². The standard InChI is InChI=1S/C24H27ClN4O5S/c1-26-21-8-7-20(15-22(21)34-24(26)31)35(32,33)29-9-3-4-17(16-29)23(30)28-12-10-27(11-13-28)19-6-2-5-18(25)14-19/h2,5-8,14-15,17H,3-4,9-13,16H2,1H3/t17-/m1/s1. The number of aryl methyl sites for hydroxylation is 1. The monoisotopic (exact) mass is 518 g/mol. The van der Waals surface area contributed by atoms with Gasteiger partial charge in [0.2, 0.25) is 15.9 Å². The molecule has 2 aromatic carbocycles. The topological polar surface area (TPSA) is 96.1 Å². The summed E-state index contributed by atoms with van der Waals surface area (Å²) in [4.78, 5) is 29.2. The third-order valence-corrected chi connectivity index (χ3v) is 9.00. The number of amides is 1. The third kappa shape index (κ3) is 4.57. The number of anilines is 1. The van der Waals surface area contributed by atoms with Gasteiger partial charge >= 0.3 is 5.76 Å². The number of fused-ring (bicyclic) bond motifs is 1. The summed E-state index contributed by atoms with van der Waals surface area (Å²) in [6.07, 6.45) is 1.27. The zero-order valence-corrected chi connectivity index (χ0v) is 21.0. The van der Waals surface area contributed by atoms with Crippen molar-refractivity contribution >= 4 is 44.3 Å². The number of hydrogen-bond acceptors (Lipinski definition) is 6. The smallest absolute Gasteiger partial charge is 0.408 e. The molecule has 11 heteroatoms. The number of rotatable bonds is 4. The molecule has 0 spiro atoms. The molecule has 186 valence electrons. The lowest BCUT2D eigenvalue weighted by Gasteiger charge is -2.39. The highest BCUT2D eigenvalue weighted by molar-refractivity contribution is 7.89. The zero-order chi connectivity index (χ0) is 24.7. The summed E-state index contributed by atoms with van der Waals surface area (Å²) in [5.74, 6) is -0.927. The largest absolute Gasteiger partial charge is 0.419 e. The second-order valence-electron chi connectivity index (χ2n) is 9.05. The van der Waals surface area contributed by atoms with E-state index in [9.17, 15) is 18.0 Å². The molecule has 9 nitrogen and oxygen atoms in total. The first kappa shape index (κ1) is 23.9. The number of nitrogens with zero attached hydrogens (tertiary/aromatic N) is 4. The molecule has 0 saturated carbocycles. The van der Waals surface area contributed by atoms with E-state index in [0.717, 1.165) is 5.69 Å². The molecule has 1 aromatic heterocycles. The Morgan fingerprint density at radius 1 is 1.06 bits per heavy atom. The Hall–Kier alpha value is -2.82. The van der Waals surface area contributed by atoms with Crippen LogP contribution in [0.5, 0.6) is 0 Å². The summed E-state index contributed by atoms with van der Waals surface area (Å²) in [5.41, 5.74) is 1.78. The van der Waals surface area contributed by atoms with Crippen molar-refractivity contribution in [1.82, 2.24) is 13.8 Å². The van der Waals surface area contributed by atoms with Gasteiger partial charge in [-0.05, 0) is 43.2 Å². The average Bonchev–Trinajstić information content (AvgIpc) is 3.16. The molecular formula is C24H27ClN4O5S. The van der Waals surface area contributed by atoms with E-state index in [-0.39, 0.29) is 28.8 Å². The van der Waals surface area contributed by atoms with Gasteiger partial charge in [0.15, 0.2) is 5.58 Å². The van der Waals surface area contributed by atoms with Crippen molar-refractivity contribution in [3.63, 3.8) is 0 Å². The Morgan fingerprint density at radius 3 is 2.57 bits per heavy atom. The molecule has 0 N–H and O–H groups in total. The number of oxazole rings is 1. The number of piperazine rings is 1. The Balaban J connectivity index is 1.26. The van der Waals surface area contributed by atoms with Crippen LogP contribution in [-0.4, -0.2) is 67.4 Å². The first-order chi connectivity index (χ1) is 16.7. The van der Waals surface area contributed by atoms with Gasteiger partial charge in [0.25, 0.3) is 0 Å². The van der Waals surface area contributed by atoms with E-state index in [1.54, 1.807) is 13.1 Å². The number of hydrogen-bond donors (Lipinski definition) is 0. The summed E-state index contributed by atoms with van der Waals surface area (Å²) < 4.78 is 34.6. The number of halogens is 1. The van der Waals surface area contributed by atoms with E-state index in [2.05, 4.69) is 4.90 Å². The molecule has 2 aliphatic heterocycles. The predicted octanol–water partition coefficient (Wildman–Crippen LogP) is 2.53. The fraction of sp³-hybridized carbons (Fsp3) is 0.417. The molecule has 1 atom stereocenters. The first-order valence-electron chi connectivity index (χ1n) is 11.6. The molecular weight excluding hydrogens is 492 g/mol. The molecule has 35 heavy (non-hydrogen) atoms. The van der Waals surface area contributed by atoms with E-state index < -0.39 is 15.8 Å². The van der Waals surface area contributed by atoms with Gasteiger partial charge in [-0.2, -0.15) is 4.31 Å². The summed E-state index contributed by atoms with van der Waals surface area (Å²) in [7, 11) is -2.27. The highest BCUT2D eigenvalue weighted by atomic mass is 35.5. The molecule has 2 fully saturated rings. The summed E-state index contributed by atoms with van der Waals surface area (Å²) in [6, 6.07) is 12.1. The maximum absolute atomic E-state index is 13.4. The van der Waals surface area contributed by atoms with Crippen molar-refractivity contribution in [3.8, 4) is 0 Å². The number of aromatic nitrogens is 1. The van der Waals surface area contributed by atoms with Gasteiger partial charge in [0.05, 0.1) is 16.3 Å². The zero-order valence-electron chi connectivity index (χ0n) is 19.4. The van der Waals surface area contributed by atoms with Gasteiger partial charge in [-0.15, -0.1) is 0 Å². The van der Waals surface area contributed by atoms with Crippen molar-refractivity contribution in [2.45, 2.75) is 17.7 Å². The number of carbonyl (C=O) groups is 1. The highest BCUT2D eigenvalue weighted by Gasteiger charge is 2.36.